The first-order chi connectivity index (χ1) is 11.7. The van der Waals surface area contributed by atoms with Crippen molar-refractivity contribution in [3.8, 4) is 5.69 Å². The molecule has 0 aliphatic rings. The molecule has 0 spiro atoms. The number of nitrogens with one attached hydrogen (secondary N) is 1. The van der Waals surface area contributed by atoms with Crippen molar-refractivity contribution in [2.45, 2.75) is 6.54 Å². The van der Waals surface area contributed by atoms with Crippen LogP contribution in [0.25, 0.3) is 5.69 Å². The van der Waals surface area contributed by atoms with Gasteiger partial charge in [-0.2, -0.15) is 5.10 Å². The summed E-state index contributed by atoms with van der Waals surface area (Å²) in [4.78, 5) is 14.0. The molecule has 0 saturated heterocycles. The van der Waals surface area contributed by atoms with E-state index in [-0.39, 0.29) is 5.91 Å². The Labute approximate surface area is 141 Å². The van der Waals surface area contributed by atoms with Crippen LogP contribution in [0, 0.1) is 0 Å². The van der Waals surface area contributed by atoms with Gasteiger partial charge in [-0.05, 0) is 24.3 Å². The summed E-state index contributed by atoms with van der Waals surface area (Å²) >= 11 is 0. The van der Waals surface area contributed by atoms with Gasteiger partial charge in [-0.3, -0.25) is 4.79 Å². The zero-order chi connectivity index (χ0) is 16.8. The van der Waals surface area contributed by atoms with Crippen molar-refractivity contribution < 1.29 is 4.79 Å². The highest BCUT2D eigenvalue weighted by atomic mass is 16.2. The Kier molecular flexibility index (Phi) is 4.91. The van der Waals surface area contributed by atoms with E-state index in [1.54, 1.807) is 10.9 Å². The first-order valence-corrected chi connectivity index (χ1v) is 7.84. The van der Waals surface area contributed by atoms with Crippen molar-refractivity contribution in [2.24, 2.45) is 0 Å². The number of carbonyl (C=O) groups excluding carboxylic acids is 1. The van der Waals surface area contributed by atoms with Gasteiger partial charge in [0.1, 0.15) is 0 Å². The number of benzene rings is 2. The van der Waals surface area contributed by atoms with Gasteiger partial charge in [0.25, 0.3) is 0 Å². The Hall–Kier alpha value is -3.08. The topological polar surface area (TPSA) is 50.2 Å². The number of amides is 1. The maximum Gasteiger partial charge on any atom is 0.239 e. The number of likely N-dealkylation sites (N-methyl/N-ethyl adjacent to an activating group) is 1. The fourth-order valence-electron chi connectivity index (χ4n) is 2.42. The van der Waals surface area contributed by atoms with Gasteiger partial charge in [0, 0.05) is 31.0 Å². The Balaban J connectivity index is 1.53. The van der Waals surface area contributed by atoms with E-state index < -0.39 is 0 Å². The lowest BCUT2D eigenvalue weighted by Crippen LogP contribution is -2.34. The second-order valence-electron chi connectivity index (χ2n) is 5.60. The normalized spacial score (nSPS) is 10.4. The maximum atomic E-state index is 12.1. The quantitative estimate of drug-likeness (QED) is 0.759. The van der Waals surface area contributed by atoms with Gasteiger partial charge in [0.2, 0.25) is 5.91 Å². The van der Waals surface area contributed by atoms with E-state index >= 15 is 0 Å². The van der Waals surface area contributed by atoms with E-state index in [1.165, 1.54) is 0 Å². The van der Waals surface area contributed by atoms with Gasteiger partial charge in [-0.1, -0.05) is 36.4 Å². The number of rotatable bonds is 6. The third-order valence-corrected chi connectivity index (χ3v) is 3.72. The molecule has 1 N–H and O–H groups in total. The lowest BCUT2D eigenvalue weighted by molar-refractivity contribution is -0.119. The van der Waals surface area contributed by atoms with E-state index in [0.717, 1.165) is 16.9 Å². The summed E-state index contributed by atoms with van der Waals surface area (Å²) in [5.74, 6) is -0.0196. The second-order valence-corrected chi connectivity index (χ2v) is 5.60. The van der Waals surface area contributed by atoms with Crippen molar-refractivity contribution in [1.29, 1.82) is 0 Å². The summed E-state index contributed by atoms with van der Waals surface area (Å²) < 4.78 is 1.80. The van der Waals surface area contributed by atoms with Crippen LogP contribution in [-0.2, 0) is 11.3 Å². The SMILES string of the molecule is CN(CC(=O)NCc1cnn(-c2ccccc2)c1)c1ccccc1. The molecule has 1 amide bonds. The molecular weight excluding hydrogens is 300 g/mol. The Bertz CT molecular complexity index is 783. The Morgan fingerprint density at radius 3 is 2.46 bits per heavy atom. The average Bonchev–Trinajstić information content (AvgIpc) is 3.10. The highest BCUT2D eigenvalue weighted by Crippen LogP contribution is 2.10. The summed E-state index contributed by atoms with van der Waals surface area (Å²) in [6.45, 7) is 0.783. The second kappa shape index (κ2) is 7.46. The van der Waals surface area contributed by atoms with Crippen LogP contribution in [0.1, 0.15) is 5.56 Å². The minimum absolute atomic E-state index is 0.0196. The standard InChI is InChI=1S/C19H20N4O/c1-22(17-8-4-2-5-9-17)15-19(24)20-12-16-13-21-23(14-16)18-10-6-3-7-11-18/h2-11,13-14H,12,15H2,1H3,(H,20,24). The first-order valence-electron chi connectivity index (χ1n) is 7.84. The van der Waals surface area contributed by atoms with Gasteiger partial charge in [0.05, 0.1) is 18.4 Å². The molecule has 122 valence electrons. The van der Waals surface area contributed by atoms with Crippen LogP contribution in [0.5, 0.6) is 0 Å². The van der Waals surface area contributed by atoms with Crippen LogP contribution in [0.2, 0.25) is 0 Å². The fraction of sp³-hybridized carbons (Fsp3) is 0.158. The predicted octanol–water partition coefficient (Wildman–Crippen LogP) is 2.62. The molecule has 5 heteroatoms. The summed E-state index contributed by atoms with van der Waals surface area (Å²) in [6.07, 6.45) is 3.70. The van der Waals surface area contributed by atoms with Crippen LogP contribution in [-0.4, -0.2) is 29.3 Å². The number of carbonyl (C=O) groups is 1. The number of aromatic nitrogens is 2. The molecule has 3 rings (SSSR count). The molecule has 3 aromatic rings. The van der Waals surface area contributed by atoms with E-state index in [4.69, 9.17) is 0 Å². The molecule has 2 aromatic carbocycles. The Morgan fingerprint density at radius 2 is 1.75 bits per heavy atom. The van der Waals surface area contributed by atoms with Gasteiger partial charge in [-0.15, -0.1) is 0 Å². The lowest BCUT2D eigenvalue weighted by Gasteiger charge is -2.18. The van der Waals surface area contributed by atoms with Crippen molar-refractivity contribution in [3.63, 3.8) is 0 Å². The van der Waals surface area contributed by atoms with Gasteiger partial charge < -0.3 is 10.2 Å². The monoisotopic (exact) mass is 320 g/mol. The Morgan fingerprint density at radius 1 is 1.08 bits per heavy atom. The molecule has 0 bridgehead atoms. The number of hydrogen-bond donors (Lipinski definition) is 1. The molecule has 5 nitrogen and oxygen atoms in total. The van der Waals surface area contributed by atoms with Crippen molar-refractivity contribution in [2.75, 3.05) is 18.5 Å². The lowest BCUT2D eigenvalue weighted by atomic mass is 10.3. The molecular formula is C19H20N4O. The molecule has 0 aliphatic heterocycles. The molecule has 1 aromatic heterocycles. The van der Waals surface area contributed by atoms with Gasteiger partial charge >= 0.3 is 0 Å². The van der Waals surface area contributed by atoms with Gasteiger partial charge in [0.15, 0.2) is 0 Å². The molecule has 0 radical (unpaired) electrons. The summed E-state index contributed by atoms with van der Waals surface area (Å²) in [5, 5.41) is 7.26. The van der Waals surface area contributed by atoms with Crippen molar-refractivity contribution in [3.05, 3.63) is 78.6 Å². The molecule has 0 aliphatic carbocycles. The number of anilines is 1. The molecule has 0 unspecified atom stereocenters. The molecule has 0 fully saturated rings. The smallest absolute Gasteiger partial charge is 0.239 e. The van der Waals surface area contributed by atoms with Crippen molar-refractivity contribution in [1.82, 2.24) is 15.1 Å². The predicted molar refractivity (Wildman–Crippen MR) is 95.1 cm³/mol. The third kappa shape index (κ3) is 4.01. The molecule has 0 atom stereocenters. The van der Waals surface area contributed by atoms with E-state index in [9.17, 15) is 4.79 Å². The minimum atomic E-state index is -0.0196. The third-order valence-electron chi connectivity index (χ3n) is 3.72. The zero-order valence-corrected chi connectivity index (χ0v) is 13.6. The van der Waals surface area contributed by atoms with Crippen molar-refractivity contribution >= 4 is 11.6 Å². The highest BCUT2D eigenvalue weighted by Gasteiger charge is 2.08. The maximum absolute atomic E-state index is 12.1. The van der Waals surface area contributed by atoms with Crippen LogP contribution < -0.4 is 10.2 Å². The number of para-hydroxylation sites is 2. The zero-order valence-electron chi connectivity index (χ0n) is 13.6. The fourth-order valence-corrected chi connectivity index (χ4v) is 2.42. The summed E-state index contributed by atoms with van der Waals surface area (Å²) in [7, 11) is 1.91. The van der Waals surface area contributed by atoms with E-state index in [0.29, 0.717) is 13.1 Å². The van der Waals surface area contributed by atoms with Gasteiger partial charge in [-0.25, -0.2) is 4.68 Å². The van der Waals surface area contributed by atoms with Crippen LogP contribution in [0.15, 0.2) is 73.1 Å². The summed E-state index contributed by atoms with van der Waals surface area (Å²) in [6, 6.07) is 19.7. The molecule has 0 saturated carbocycles. The first kappa shape index (κ1) is 15.8. The molecule has 24 heavy (non-hydrogen) atoms. The van der Waals surface area contributed by atoms with Crippen LogP contribution in [0.4, 0.5) is 5.69 Å². The van der Waals surface area contributed by atoms with Crippen LogP contribution in [0.3, 0.4) is 0 Å². The number of hydrogen-bond acceptors (Lipinski definition) is 3. The average molecular weight is 320 g/mol. The number of nitrogens with zero attached hydrogens (tertiary/aromatic N) is 3. The largest absolute Gasteiger partial charge is 0.365 e. The minimum Gasteiger partial charge on any atom is -0.365 e. The van der Waals surface area contributed by atoms with E-state index in [2.05, 4.69) is 10.4 Å². The van der Waals surface area contributed by atoms with E-state index in [1.807, 2.05) is 78.8 Å². The van der Waals surface area contributed by atoms with Crippen LogP contribution >= 0.6 is 0 Å². The summed E-state index contributed by atoms with van der Waals surface area (Å²) in [5.41, 5.74) is 2.98. The molecule has 1 heterocycles. The highest BCUT2D eigenvalue weighted by molar-refractivity contribution is 5.81.